The van der Waals surface area contributed by atoms with Gasteiger partial charge in [-0.15, -0.1) is 0 Å². The van der Waals surface area contributed by atoms with Crippen molar-refractivity contribution in [1.82, 2.24) is 15.3 Å². The molecular formula is C28H31N3O5. The zero-order valence-electron chi connectivity index (χ0n) is 20.0. The van der Waals surface area contributed by atoms with E-state index in [1.54, 1.807) is 10.4 Å². The van der Waals surface area contributed by atoms with Crippen LogP contribution in [0.3, 0.4) is 0 Å². The summed E-state index contributed by atoms with van der Waals surface area (Å²) in [5, 5.41) is 19.6. The number of hydrogen-bond acceptors (Lipinski definition) is 4. The Morgan fingerprint density at radius 1 is 1.00 bits per heavy atom. The average Bonchev–Trinajstić information content (AvgIpc) is 3.57. The Balaban J connectivity index is 1.36. The molecule has 1 saturated heterocycles. The number of carboxylic acid groups (broad SMARTS) is 1. The van der Waals surface area contributed by atoms with Gasteiger partial charge in [0, 0.05) is 19.6 Å². The minimum atomic E-state index is -1.22. The van der Waals surface area contributed by atoms with Crippen molar-refractivity contribution in [1.29, 1.82) is 0 Å². The molecule has 2 aliphatic heterocycles. The summed E-state index contributed by atoms with van der Waals surface area (Å²) in [7, 11) is 0. The minimum absolute atomic E-state index is 0.213. The number of nitrogens with one attached hydrogen (secondary N) is 1. The maximum Gasteiger partial charge on any atom is 0.408 e. The molecular weight excluding hydrogens is 458 g/mol. The van der Waals surface area contributed by atoms with Crippen molar-refractivity contribution >= 4 is 23.5 Å². The molecule has 5 rings (SSSR count). The molecule has 1 spiro atoms. The fourth-order valence-corrected chi connectivity index (χ4v) is 6.11. The van der Waals surface area contributed by atoms with Gasteiger partial charge in [-0.05, 0) is 53.7 Å². The Bertz CT molecular complexity index is 1170. The smallest absolute Gasteiger partial charge is 0.408 e. The van der Waals surface area contributed by atoms with Gasteiger partial charge in [-0.2, -0.15) is 0 Å². The van der Waals surface area contributed by atoms with Crippen LogP contribution in [-0.4, -0.2) is 63.7 Å². The van der Waals surface area contributed by atoms with Crippen LogP contribution < -0.4 is 5.48 Å². The first-order valence-corrected chi connectivity index (χ1v) is 12.4. The van der Waals surface area contributed by atoms with Crippen LogP contribution >= 0.6 is 0 Å². The molecule has 1 saturated carbocycles. The lowest BCUT2D eigenvalue weighted by Crippen LogP contribution is -2.62. The molecule has 188 valence electrons. The lowest BCUT2D eigenvalue weighted by atomic mass is 9.78. The summed E-state index contributed by atoms with van der Waals surface area (Å²) >= 11 is 0. The Hall–Kier alpha value is -3.65. The molecule has 8 heteroatoms. The van der Waals surface area contributed by atoms with Crippen molar-refractivity contribution in [3.8, 4) is 0 Å². The second kappa shape index (κ2) is 9.78. The van der Waals surface area contributed by atoms with E-state index in [1.165, 1.54) is 0 Å². The standard InChI is InChI=1S/C28H31N3O5/c32-25(29-36)23-17-28(16-22(28)15-19-7-3-1-4-8-19)18-31(27(34)35)24(23)26(33)30-13-11-21(12-14-30)20-9-5-2-6-10-20/h1-11,22-24,36H,12-18H2,(H,29,32)(H,34,35)/t22?,23-,24-,28?/m0/s1. The van der Waals surface area contributed by atoms with Gasteiger partial charge >= 0.3 is 6.09 Å². The van der Waals surface area contributed by atoms with E-state index in [0.717, 1.165) is 34.4 Å². The summed E-state index contributed by atoms with van der Waals surface area (Å²) in [6, 6.07) is 18.8. The predicted octanol–water partition coefficient (Wildman–Crippen LogP) is 3.43. The Morgan fingerprint density at radius 2 is 1.69 bits per heavy atom. The summed E-state index contributed by atoms with van der Waals surface area (Å²) in [6.07, 6.45) is 3.37. The van der Waals surface area contributed by atoms with E-state index in [4.69, 9.17) is 0 Å². The van der Waals surface area contributed by atoms with E-state index in [1.807, 2.05) is 66.7 Å². The highest BCUT2D eigenvalue weighted by Crippen LogP contribution is 2.61. The average molecular weight is 490 g/mol. The maximum atomic E-state index is 13.7. The van der Waals surface area contributed by atoms with Gasteiger partial charge in [-0.25, -0.2) is 10.3 Å². The van der Waals surface area contributed by atoms with E-state index < -0.39 is 24.0 Å². The third kappa shape index (κ3) is 4.60. The van der Waals surface area contributed by atoms with Crippen molar-refractivity contribution < 1.29 is 24.7 Å². The molecule has 3 aliphatic rings. The first-order chi connectivity index (χ1) is 17.4. The number of carbonyl (C=O) groups excluding carboxylic acids is 2. The first-order valence-electron chi connectivity index (χ1n) is 12.4. The van der Waals surface area contributed by atoms with Gasteiger partial charge in [0.1, 0.15) is 6.04 Å². The fourth-order valence-electron chi connectivity index (χ4n) is 6.11. The molecule has 36 heavy (non-hydrogen) atoms. The molecule has 2 heterocycles. The van der Waals surface area contributed by atoms with Gasteiger partial charge in [0.05, 0.1) is 5.92 Å². The lowest BCUT2D eigenvalue weighted by Gasteiger charge is -2.44. The third-order valence-electron chi connectivity index (χ3n) is 8.12. The largest absolute Gasteiger partial charge is 0.465 e. The Kier molecular flexibility index (Phi) is 6.53. The van der Waals surface area contributed by atoms with Crippen molar-refractivity contribution in [3.05, 3.63) is 77.9 Å². The summed E-state index contributed by atoms with van der Waals surface area (Å²) in [5.41, 5.74) is 4.74. The maximum absolute atomic E-state index is 13.7. The minimum Gasteiger partial charge on any atom is -0.465 e. The number of hydrogen-bond donors (Lipinski definition) is 3. The summed E-state index contributed by atoms with van der Waals surface area (Å²) in [5.74, 6) is -1.82. The number of likely N-dealkylation sites (tertiary alicyclic amines) is 1. The number of nitrogens with zero attached hydrogens (tertiary/aromatic N) is 2. The van der Waals surface area contributed by atoms with Crippen LogP contribution in [0, 0.1) is 17.3 Å². The molecule has 0 radical (unpaired) electrons. The van der Waals surface area contributed by atoms with Crippen molar-refractivity contribution in [2.24, 2.45) is 17.3 Å². The molecule has 2 fully saturated rings. The second-order valence-corrected chi connectivity index (χ2v) is 10.2. The lowest BCUT2D eigenvalue weighted by molar-refractivity contribution is -0.150. The summed E-state index contributed by atoms with van der Waals surface area (Å²) in [6.45, 7) is 1.01. The van der Waals surface area contributed by atoms with Gasteiger partial charge in [0.25, 0.3) is 0 Å². The highest BCUT2D eigenvalue weighted by Gasteiger charge is 2.62. The zero-order chi connectivity index (χ0) is 25.3. The monoisotopic (exact) mass is 489 g/mol. The SMILES string of the molecule is O=C(NO)[C@H]1CC2(CC2Cc2ccccc2)CN(C(=O)O)[C@@H]1C(=O)N1CC=C(c2ccccc2)CC1. The molecule has 2 aromatic carbocycles. The Morgan fingerprint density at radius 3 is 2.31 bits per heavy atom. The van der Waals surface area contributed by atoms with Crippen LogP contribution in [0.2, 0.25) is 0 Å². The second-order valence-electron chi connectivity index (χ2n) is 10.2. The van der Waals surface area contributed by atoms with Gasteiger partial charge in [-0.1, -0.05) is 66.7 Å². The van der Waals surface area contributed by atoms with E-state index in [2.05, 4.69) is 0 Å². The number of hydroxylamine groups is 1. The number of piperidine rings is 1. The van der Waals surface area contributed by atoms with E-state index >= 15 is 0 Å². The van der Waals surface area contributed by atoms with Crippen molar-refractivity contribution in [2.75, 3.05) is 19.6 Å². The van der Waals surface area contributed by atoms with Crippen LogP contribution in [0.4, 0.5) is 4.79 Å². The fraction of sp³-hybridized carbons (Fsp3) is 0.393. The normalized spacial score (nSPS) is 27.4. The number of amides is 3. The third-order valence-corrected chi connectivity index (χ3v) is 8.12. The molecule has 0 bridgehead atoms. The van der Waals surface area contributed by atoms with Gasteiger partial charge in [-0.3, -0.25) is 19.7 Å². The van der Waals surface area contributed by atoms with Crippen LogP contribution in [-0.2, 0) is 16.0 Å². The zero-order valence-corrected chi connectivity index (χ0v) is 20.0. The van der Waals surface area contributed by atoms with Gasteiger partial charge in [0.15, 0.2) is 0 Å². The van der Waals surface area contributed by atoms with Crippen LogP contribution in [0.25, 0.3) is 5.57 Å². The van der Waals surface area contributed by atoms with Crippen LogP contribution in [0.15, 0.2) is 66.7 Å². The number of benzene rings is 2. The van der Waals surface area contributed by atoms with Crippen LogP contribution in [0.5, 0.6) is 0 Å². The summed E-state index contributed by atoms with van der Waals surface area (Å²) < 4.78 is 0. The Labute approximate surface area is 210 Å². The van der Waals surface area contributed by atoms with E-state index in [-0.39, 0.29) is 23.8 Å². The topological polar surface area (TPSA) is 110 Å². The molecule has 4 atom stereocenters. The molecule has 0 aromatic heterocycles. The van der Waals surface area contributed by atoms with Gasteiger partial charge in [0.2, 0.25) is 11.8 Å². The highest BCUT2D eigenvalue weighted by molar-refractivity contribution is 5.93. The van der Waals surface area contributed by atoms with Gasteiger partial charge < -0.3 is 10.0 Å². The molecule has 2 aromatic rings. The molecule has 3 N–H and O–H groups in total. The summed E-state index contributed by atoms with van der Waals surface area (Å²) in [4.78, 5) is 41.6. The highest BCUT2D eigenvalue weighted by atomic mass is 16.5. The van der Waals surface area contributed by atoms with Crippen LogP contribution in [0.1, 0.15) is 30.4 Å². The number of rotatable bonds is 5. The molecule has 3 amide bonds. The van der Waals surface area contributed by atoms with Crippen molar-refractivity contribution in [3.63, 3.8) is 0 Å². The molecule has 2 unspecified atom stereocenters. The molecule has 8 nitrogen and oxygen atoms in total. The van der Waals surface area contributed by atoms with E-state index in [9.17, 15) is 24.7 Å². The first kappa shape index (κ1) is 24.1. The predicted molar refractivity (Wildman–Crippen MR) is 133 cm³/mol. The van der Waals surface area contributed by atoms with Crippen molar-refractivity contribution in [2.45, 2.75) is 31.7 Å². The number of carbonyl (C=O) groups is 3. The molecule has 1 aliphatic carbocycles. The quantitative estimate of drug-likeness (QED) is 0.440. The van der Waals surface area contributed by atoms with E-state index in [0.29, 0.717) is 25.9 Å².